The number of non-ortho nitro benzene ring substituents is 1. The molecule has 0 radical (unpaired) electrons. The predicted molar refractivity (Wildman–Crippen MR) is 116 cm³/mol. The predicted octanol–water partition coefficient (Wildman–Crippen LogP) is 3.90. The van der Waals surface area contributed by atoms with E-state index in [0.29, 0.717) is 27.9 Å². The second-order valence-corrected chi connectivity index (χ2v) is 7.66. The third-order valence-electron chi connectivity index (χ3n) is 3.80. The molecule has 0 heterocycles. The summed E-state index contributed by atoms with van der Waals surface area (Å²) in [5.74, 6) is -0.423. The molecule has 0 saturated heterocycles. The summed E-state index contributed by atoms with van der Waals surface area (Å²) in [7, 11) is 0. The zero-order valence-electron chi connectivity index (χ0n) is 15.3. The number of nitro benzene ring substituents is 1. The van der Waals surface area contributed by atoms with Crippen LogP contribution in [0.5, 0.6) is 0 Å². The van der Waals surface area contributed by atoms with Crippen LogP contribution in [0.25, 0.3) is 0 Å². The van der Waals surface area contributed by atoms with Crippen LogP contribution in [0.4, 0.5) is 11.4 Å². The summed E-state index contributed by atoms with van der Waals surface area (Å²) in [4.78, 5) is 35.3. The van der Waals surface area contributed by atoms with E-state index in [2.05, 4.69) is 16.2 Å². The molecule has 0 aliphatic carbocycles. The van der Waals surface area contributed by atoms with Gasteiger partial charge in [-0.05, 0) is 42.7 Å². The van der Waals surface area contributed by atoms with Crippen molar-refractivity contribution in [3.05, 3.63) is 68.2 Å². The standard InChI is InChI=1S/C18H18Cl2N4O4S/c1-29-8-7-16(18(26)23-22-12-5-6-14(19)15(20)10-12)21-17(25)11-3-2-4-13(9-11)24(27)28/h2-6,9-10,16,22H,7-8H2,1H3,(H,21,25)(H,23,26)/t16-/m0/s1. The van der Waals surface area contributed by atoms with Crippen LogP contribution in [-0.4, -0.2) is 34.8 Å². The molecule has 0 aliphatic rings. The van der Waals surface area contributed by atoms with Crippen LogP contribution in [0.3, 0.4) is 0 Å². The van der Waals surface area contributed by atoms with Crippen molar-refractivity contribution >= 4 is 58.2 Å². The minimum absolute atomic E-state index is 0.0959. The molecule has 11 heteroatoms. The Bertz CT molecular complexity index is 913. The van der Waals surface area contributed by atoms with Gasteiger partial charge in [-0.2, -0.15) is 11.8 Å². The molecule has 2 amide bonds. The lowest BCUT2D eigenvalue weighted by atomic mass is 10.1. The number of carbonyl (C=O) groups is 2. The Morgan fingerprint density at radius 3 is 2.59 bits per heavy atom. The van der Waals surface area contributed by atoms with Gasteiger partial charge in [-0.3, -0.25) is 30.6 Å². The Kier molecular flexibility index (Phi) is 8.56. The van der Waals surface area contributed by atoms with Crippen molar-refractivity contribution in [3.8, 4) is 0 Å². The first kappa shape index (κ1) is 22.8. The first-order chi connectivity index (χ1) is 13.8. The van der Waals surface area contributed by atoms with Crippen LogP contribution < -0.4 is 16.2 Å². The monoisotopic (exact) mass is 456 g/mol. The number of hydrogen-bond acceptors (Lipinski definition) is 6. The summed E-state index contributed by atoms with van der Waals surface area (Å²) in [5, 5.41) is 14.2. The number of hydrogen-bond donors (Lipinski definition) is 3. The largest absolute Gasteiger partial charge is 0.340 e. The van der Waals surface area contributed by atoms with E-state index in [4.69, 9.17) is 23.2 Å². The molecule has 0 aliphatic heterocycles. The number of halogens is 2. The van der Waals surface area contributed by atoms with E-state index in [1.54, 1.807) is 18.2 Å². The van der Waals surface area contributed by atoms with Gasteiger partial charge in [-0.15, -0.1) is 0 Å². The summed E-state index contributed by atoms with van der Waals surface area (Å²) in [6.45, 7) is 0. The lowest BCUT2D eigenvalue weighted by molar-refractivity contribution is -0.384. The van der Waals surface area contributed by atoms with Crippen molar-refractivity contribution < 1.29 is 14.5 Å². The normalized spacial score (nSPS) is 11.4. The number of nitrogens with zero attached hydrogens (tertiary/aromatic N) is 1. The van der Waals surface area contributed by atoms with E-state index in [0.717, 1.165) is 6.07 Å². The zero-order chi connectivity index (χ0) is 21.4. The van der Waals surface area contributed by atoms with Gasteiger partial charge in [0.25, 0.3) is 17.5 Å². The smallest absolute Gasteiger partial charge is 0.270 e. The fraction of sp³-hybridized carbons (Fsp3) is 0.222. The maximum absolute atomic E-state index is 12.6. The molecule has 0 saturated carbocycles. The highest BCUT2D eigenvalue weighted by Gasteiger charge is 2.22. The van der Waals surface area contributed by atoms with Gasteiger partial charge >= 0.3 is 0 Å². The summed E-state index contributed by atoms with van der Waals surface area (Å²) in [6.07, 6.45) is 2.25. The molecule has 0 fully saturated rings. The van der Waals surface area contributed by atoms with E-state index >= 15 is 0 Å². The SMILES string of the molecule is CSCC[C@H](NC(=O)c1cccc([N+](=O)[O-])c1)C(=O)NNc1ccc(Cl)c(Cl)c1. The van der Waals surface area contributed by atoms with E-state index in [1.165, 1.54) is 30.0 Å². The molecule has 1 atom stereocenters. The first-order valence-electron chi connectivity index (χ1n) is 8.37. The minimum Gasteiger partial charge on any atom is -0.340 e. The number of nitrogens with one attached hydrogen (secondary N) is 3. The maximum atomic E-state index is 12.6. The van der Waals surface area contributed by atoms with E-state index in [1.807, 2.05) is 6.26 Å². The van der Waals surface area contributed by atoms with Crippen molar-refractivity contribution in [3.63, 3.8) is 0 Å². The molecule has 2 rings (SSSR count). The van der Waals surface area contributed by atoms with Crippen LogP contribution in [0.2, 0.25) is 10.0 Å². The Morgan fingerprint density at radius 2 is 1.93 bits per heavy atom. The fourth-order valence-electron chi connectivity index (χ4n) is 2.30. The Labute approximate surface area is 181 Å². The average molecular weight is 457 g/mol. The number of hydrazine groups is 1. The molecular weight excluding hydrogens is 439 g/mol. The Hall–Kier alpha value is -2.49. The molecule has 29 heavy (non-hydrogen) atoms. The van der Waals surface area contributed by atoms with Gasteiger partial charge in [0.1, 0.15) is 6.04 Å². The third kappa shape index (κ3) is 6.81. The second kappa shape index (κ2) is 10.9. The van der Waals surface area contributed by atoms with Crippen molar-refractivity contribution in [2.45, 2.75) is 12.5 Å². The van der Waals surface area contributed by atoms with Gasteiger partial charge < -0.3 is 5.32 Å². The summed E-state index contributed by atoms with van der Waals surface area (Å²) in [6, 6.07) is 9.21. The molecule has 8 nitrogen and oxygen atoms in total. The average Bonchev–Trinajstić information content (AvgIpc) is 2.71. The molecule has 0 unspecified atom stereocenters. The highest BCUT2D eigenvalue weighted by atomic mass is 35.5. The zero-order valence-corrected chi connectivity index (χ0v) is 17.6. The second-order valence-electron chi connectivity index (χ2n) is 5.86. The van der Waals surface area contributed by atoms with Crippen LogP contribution in [-0.2, 0) is 4.79 Å². The van der Waals surface area contributed by atoms with Gasteiger partial charge in [0.15, 0.2) is 0 Å². The van der Waals surface area contributed by atoms with Gasteiger partial charge in [0.05, 0.1) is 20.7 Å². The van der Waals surface area contributed by atoms with Crippen molar-refractivity contribution in [1.29, 1.82) is 0 Å². The van der Waals surface area contributed by atoms with E-state index < -0.39 is 22.8 Å². The summed E-state index contributed by atoms with van der Waals surface area (Å²) >= 11 is 13.3. The van der Waals surface area contributed by atoms with Crippen molar-refractivity contribution in [2.24, 2.45) is 0 Å². The first-order valence-corrected chi connectivity index (χ1v) is 10.5. The molecule has 0 aromatic heterocycles. The lowest BCUT2D eigenvalue weighted by Gasteiger charge is -2.19. The van der Waals surface area contributed by atoms with Gasteiger partial charge in [0.2, 0.25) is 0 Å². The van der Waals surface area contributed by atoms with Crippen LogP contribution >= 0.6 is 35.0 Å². The topological polar surface area (TPSA) is 113 Å². The van der Waals surface area contributed by atoms with Gasteiger partial charge in [-0.1, -0.05) is 29.3 Å². The lowest BCUT2D eigenvalue weighted by Crippen LogP contribution is -2.48. The Balaban J connectivity index is 2.06. The minimum atomic E-state index is -0.843. The highest BCUT2D eigenvalue weighted by Crippen LogP contribution is 2.24. The molecule has 0 bridgehead atoms. The third-order valence-corrected chi connectivity index (χ3v) is 5.18. The molecule has 3 N–H and O–H groups in total. The number of carbonyl (C=O) groups excluding carboxylic acids is 2. The summed E-state index contributed by atoms with van der Waals surface area (Å²) in [5.41, 5.74) is 5.64. The molecule has 0 spiro atoms. The number of rotatable bonds is 9. The van der Waals surface area contributed by atoms with Crippen LogP contribution in [0, 0.1) is 10.1 Å². The molecular formula is C18H18Cl2N4O4S. The number of nitro groups is 1. The number of thioether (sulfide) groups is 1. The van der Waals surface area contributed by atoms with Gasteiger partial charge in [0, 0.05) is 17.7 Å². The number of benzene rings is 2. The maximum Gasteiger partial charge on any atom is 0.270 e. The number of amides is 2. The number of anilines is 1. The molecule has 2 aromatic rings. The van der Waals surface area contributed by atoms with E-state index in [-0.39, 0.29) is 11.3 Å². The van der Waals surface area contributed by atoms with E-state index in [9.17, 15) is 19.7 Å². The van der Waals surface area contributed by atoms with Crippen molar-refractivity contribution in [1.82, 2.24) is 10.7 Å². The highest BCUT2D eigenvalue weighted by molar-refractivity contribution is 7.98. The Morgan fingerprint density at radius 1 is 1.17 bits per heavy atom. The molecule has 154 valence electrons. The fourth-order valence-corrected chi connectivity index (χ4v) is 3.07. The van der Waals surface area contributed by atoms with Gasteiger partial charge in [-0.25, -0.2) is 0 Å². The molecule has 2 aromatic carbocycles. The van der Waals surface area contributed by atoms with Crippen molar-refractivity contribution in [2.75, 3.05) is 17.4 Å². The summed E-state index contributed by atoms with van der Waals surface area (Å²) < 4.78 is 0. The van der Waals surface area contributed by atoms with Crippen LogP contribution in [0.1, 0.15) is 16.8 Å². The quantitative estimate of drug-likeness (QED) is 0.389. The van der Waals surface area contributed by atoms with Crippen LogP contribution in [0.15, 0.2) is 42.5 Å².